The van der Waals surface area contributed by atoms with Gasteiger partial charge in [0.25, 0.3) is 0 Å². The Balaban J connectivity index is 0.00000162. The number of hydrogen-bond donors (Lipinski definition) is 0. The molecule has 2 aliphatic rings. The smallest absolute Gasteiger partial charge is 1.00 e. The molecule has 0 N–H and O–H groups in total. The molecule has 0 spiro atoms. The average molecular weight is 376 g/mol. The van der Waals surface area contributed by atoms with Crippen molar-refractivity contribution >= 4 is 0 Å². The van der Waals surface area contributed by atoms with E-state index in [0.29, 0.717) is 0 Å². The maximum atomic E-state index is 2.44. The fourth-order valence-corrected chi connectivity index (χ4v) is 7.38. The zero-order valence-electron chi connectivity index (χ0n) is 12.2. The van der Waals surface area contributed by atoms with E-state index in [9.17, 15) is 0 Å². The predicted octanol–water partition coefficient (Wildman–Crippen LogP) is -0.895. The van der Waals surface area contributed by atoms with E-state index in [1.807, 2.05) is 6.56 Å². The van der Waals surface area contributed by atoms with Gasteiger partial charge >= 0.3 is 118 Å². The minimum atomic E-state index is -0.470. The molecule has 0 amide bonds. The van der Waals surface area contributed by atoms with Gasteiger partial charge in [-0.3, -0.25) is 0 Å². The molecule has 0 nitrogen and oxygen atoms in total. The van der Waals surface area contributed by atoms with E-state index in [1.54, 1.807) is 22.3 Å². The van der Waals surface area contributed by atoms with Crippen LogP contribution in [0.25, 0.3) is 0 Å². The molecular formula is C16H22Cl2Zr. The second-order valence-corrected chi connectivity index (χ2v) is 8.51. The van der Waals surface area contributed by atoms with Crippen molar-refractivity contribution < 1.29 is 48.0 Å². The molecule has 0 aromatic carbocycles. The van der Waals surface area contributed by atoms with Crippen LogP contribution in [0.4, 0.5) is 0 Å². The van der Waals surface area contributed by atoms with Crippen LogP contribution in [0.15, 0.2) is 41.0 Å². The molecular weight excluding hydrogens is 354 g/mol. The third-order valence-corrected chi connectivity index (χ3v) is 7.88. The van der Waals surface area contributed by atoms with Gasteiger partial charge in [0.1, 0.15) is 0 Å². The summed E-state index contributed by atoms with van der Waals surface area (Å²) in [4.78, 5) is 0. The van der Waals surface area contributed by atoms with Gasteiger partial charge in [-0.25, -0.2) is 0 Å². The molecule has 0 heterocycles. The van der Waals surface area contributed by atoms with Gasteiger partial charge in [0, 0.05) is 0 Å². The van der Waals surface area contributed by atoms with E-state index in [2.05, 4.69) is 39.8 Å². The van der Waals surface area contributed by atoms with Crippen LogP contribution >= 0.6 is 0 Å². The summed E-state index contributed by atoms with van der Waals surface area (Å²) in [5, 5.41) is 0. The first kappa shape index (κ1) is 19.4. The van der Waals surface area contributed by atoms with Gasteiger partial charge in [0.2, 0.25) is 0 Å². The molecule has 2 aliphatic carbocycles. The minimum absolute atomic E-state index is 0. The zero-order chi connectivity index (χ0) is 12.4. The quantitative estimate of drug-likeness (QED) is 0.597. The van der Waals surface area contributed by atoms with Crippen LogP contribution in [0.1, 0.15) is 53.4 Å². The Hall–Kier alpha value is 0.423. The van der Waals surface area contributed by atoms with Gasteiger partial charge in [-0.1, -0.05) is 0 Å². The molecule has 0 aliphatic heterocycles. The van der Waals surface area contributed by atoms with Crippen LogP contribution in [0.5, 0.6) is 0 Å². The van der Waals surface area contributed by atoms with Gasteiger partial charge < -0.3 is 24.8 Å². The minimum Gasteiger partial charge on any atom is -1.00 e. The van der Waals surface area contributed by atoms with Crippen LogP contribution < -0.4 is 24.8 Å². The molecule has 0 aromatic rings. The first-order valence-electron chi connectivity index (χ1n) is 6.72. The molecule has 0 aromatic heterocycles. The van der Waals surface area contributed by atoms with E-state index in [-0.39, 0.29) is 24.8 Å². The van der Waals surface area contributed by atoms with Crippen molar-refractivity contribution in [2.24, 2.45) is 0 Å². The third-order valence-electron chi connectivity index (χ3n) is 3.91. The molecule has 0 unspecified atom stereocenters. The number of rotatable bonds is 4. The largest absolute Gasteiger partial charge is 1.00 e. The van der Waals surface area contributed by atoms with Crippen molar-refractivity contribution in [3.05, 3.63) is 41.0 Å². The molecule has 0 saturated carbocycles. The fraction of sp³-hybridized carbons (Fsp3) is 0.500. The Morgan fingerprint density at radius 3 is 1.53 bits per heavy atom. The van der Waals surface area contributed by atoms with E-state index in [1.165, 1.54) is 25.7 Å². The summed E-state index contributed by atoms with van der Waals surface area (Å²) in [6.07, 6.45) is 9.88. The topological polar surface area (TPSA) is 0 Å². The fourth-order valence-electron chi connectivity index (χ4n) is 2.90. The molecule has 2 rings (SSSR count). The van der Waals surface area contributed by atoms with Crippen LogP contribution in [-0.2, 0) is 23.2 Å². The number of halogens is 2. The molecule has 19 heavy (non-hydrogen) atoms. The predicted molar refractivity (Wildman–Crippen MR) is 71.4 cm³/mol. The van der Waals surface area contributed by atoms with E-state index >= 15 is 0 Å². The SMILES string of the molecule is CCC1=[C]([Zr+2][C]2=C(CC)C(C)=CC2)CC=C1C.[Cl-].[Cl-]. The molecule has 0 bridgehead atoms. The van der Waals surface area contributed by atoms with Crippen LogP contribution in [-0.4, -0.2) is 0 Å². The van der Waals surface area contributed by atoms with E-state index in [4.69, 9.17) is 0 Å². The monoisotopic (exact) mass is 374 g/mol. The van der Waals surface area contributed by atoms with Crippen molar-refractivity contribution in [1.29, 1.82) is 0 Å². The zero-order valence-corrected chi connectivity index (χ0v) is 16.2. The van der Waals surface area contributed by atoms with Gasteiger partial charge in [-0.2, -0.15) is 0 Å². The summed E-state index contributed by atoms with van der Waals surface area (Å²) in [6, 6.07) is 0. The van der Waals surface area contributed by atoms with Gasteiger partial charge in [-0.05, 0) is 0 Å². The molecule has 0 saturated heterocycles. The van der Waals surface area contributed by atoms with Crippen molar-refractivity contribution in [3.8, 4) is 0 Å². The maximum absolute atomic E-state index is 2.44. The van der Waals surface area contributed by atoms with Gasteiger partial charge in [0.05, 0.1) is 0 Å². The summed E-state index contributed by atoms with van der Waals surface area (Å²) in [6.45, 7) is 9.20. The van der Waals surface area contributed by atoms with Crippen LogP contribution in [0, 0.1) is 0 Å². The summed E-state index contributed by atoms with van der Waals surface area (Å²) in [5.74, 6) is 0. The average Bonchev–Trinajstić information content (AvgIpc) is 2.83. The third kappa shape index (κ3) is 4.19. The second-order valence-electron chi connectivity index (χ2n) is 4.93. The molecule has 0 radical (unpaired) electrons. The summed E-state index contributed by atoms with van der Waals surface area (Å²) < 4.78 is 3.69. The first-order valence-corrected chi connectivity index (χ1v) is 9.18. The van der Waals surface area contributed by atoms with Crippen molar-refractivity contribution in [3.63, 3.8) is 0 Å². The summed E-state index contributed by atoms with van der Waals surface area (Å²) >= 11 is -0.470. The van der Waals surface area contributed by atoms with Crippen molar-refractivity contribution in [1.82, 2.24) is 0 Å². The van der Waals surface area contributed by atoms with Crippen molar-refractivity contribution in [2.75, 3.05) is 0 Å². The maximum Gasteiger partial charge on any atom is -1.00 e. The van der Waals surface area contributed by atoms with Gasteiger partial charge in [-0.15, -0.1) is 0 Å². The Kier molecular flexibility index (Phi) is 8.85. The van der Waals surface area contributed by atoms with Gasteiger partial charge in [0.15, 0.2) is 0 Å². The normalized spacial score (nSPS) is 17.7. The Bertz CT molecular complexity index is 411. The molecule has 104 valence electrons. The van der Waals surface area contributed by atoms with Crippen LogP contribution in [0.3, 0.4) is 0 Å². The number of hydrogen-bond acceptors (Lipinski definition) is 0. The van der Waals surface area contributed by atoms with E-state index < -0.39 is 23.2 Å². The summed E-state index contributed by atoms with van der Waals surface area (Å²) in [5.41, 5.74) is 6.52. The second kappa shape index (κ2) is 8.65. The standard InChI is InChI=1S/2C8H11.2ClH.Zr/c2*1-3-8-6-4-5-7(8)2;;;/h2*5H,3-4H2,1-2H3;2*1H;/q;;;;+2/p-2. The summed E-state index contributed by atoms with van der Waals surface area (Å²) in [7, 11) is 0. The Morgan fingerprint density at radius 2 is 1.21 bits per heavy atom. The van der Waals surface area contributed by atoms with Crippen LogP contribution in [0.2, 0.25) is 0 Å². The Morgan fingerprint density at radius 1 is 0.842 bits per heavy atom. The van der Waals surface area contributed by atoms with E-state index in [0.717, 1.165) is 0 Å². The Labute approximate surface area is 141 Å². The number of allylic oxidation sites excluding steroid dienone is 8. The molecule has 3 heteroatoms. The molecule has 0 atom stereocenters. The first-order chi connectivity index (χ1) is 8.17. The molecule has 0 fully saturated rings. The van der Waals surface area contributed by atoms with Crippen molar-refractivity contribution in [2.45, 2.75) is 53.4 Å².